The zero-order valence-electron chi connectivity index (χ0n) is 13.6. The second-order valence-corrected chi connectivity index (χ2v) is 9.64. The van der Waals surface area contributed by atoms with Crippen molar-refractivity contribution in [3.63, 3.8) is 0 Å². The molecule has 0 aromatic heterocycles. The highest BCUT2D eigenvalue weighted by molar-refractivity contribution is 9.11. The molecule has 6 nitrogen and oxygen atoms in total. The fourth-order valence-electron chi connectivity index (χ4n) is 2.38. The van der Waals surface area contributed by atoms with Crippen molar-refractivity contribution in [1.82, 2.24) is 0 Å². The lowest BCUT2D eigenvalue weighted by Crippen LogP contribution is -2.43. The van der Waals surface area contributed by atoms with Crippen LogP contribution in [0.5, 0.6) is 5.75 Å². The number of phenolic OH excluding ortho intramolecular Hbond substituents is 1. The number of sulfone groups is 1. The number of alkyl halides is 3. The van der Waals surface area contributed by atoms with E-state index in [1.165, 1.54) is 13.1 Å². The number of carboxylic acids is 1. The van der Waals surface area contributed by atoms with Crippen molar-refractivity contribution in [3.8, 4) is 5.75 Å². The molecule has 1 heterocycles. The first-order valence-corrected chi connectivity index (χ1v) is 10.5. The Balaban J connectivity index is 2.61. The second kappa shape index (κ2) is 7.76. The number of halogens is 4. The van der Waals surface area contributed by atoms with Crippen molar-refractivity contribution < 1.29 is 36.6 Å². The zero-order chi connectivity index (χ0) is 20.6. The summed E-state index contributed by atoms with van der Waals surface area (Å²) in [7, 11) is -3.94. The highest BCUT2D eigenvalue weighted by Crippen LogP contribution is 2.42. The predicted molar refractivity (Wildman–Crippen MR) is 98.5 cm³/mol. The van der Waals surface area contributed by atoms with E-state index >= 15 is 0 Å². The number of allylic oxidation sites excluding steroid dienone is 2. The van der Waals surface area contributed by atoms with Crippen LogP contribution in [0.25, 0.3) is 0 Å². The molecule has 0 aliphatic carbocycles. The van der Waals surface area contributed by atoms with Gasteiger partial charge in [-0.05, 0) is 52.0 Å². The number of anilines is 1. The molecule has 0 bridgehead atoms. The van der Waals surface area contributed by atoms with Gasteiger partial charge in [0.05, 0.1) is 16.3 Å². The lowest BCUT2D eigenvalue weighted by molar-refractivity contribution is -0.137. The molecule has 148 valence electrons. The number of aliphatic carboxylic acids is 1. The van der Waals surface area contributed by atoms with E-state index in [0.29, 0.717) is 0 Å². The molecule has 0 fully saturated rings. The molecule has 2 N–H and O–H groups in total. The first-order chi connectivity index (χ1) is 12.4. The highest BCUT2D eigenvalue weighted by atomic mass is 79.9. The molecular weight excluding hydrogens is 475 g/mol. The summed E-state index contributed by atoms with van der Waals surface area (Å²) >= 11 is 2.63. The topological polar surface area (TPSA) is 94.9 Å². The smallest absolute Gasteiger partial charge is 0.446 e. The van der Waals surface area contributed by atoms with Gasteiger partial charge in [0.25, 0.3) is 0 Å². The first kappa shape index (κ1) is 21.6. The van der Waals surface area contributed by atoms with E-state index in [1.807, 2.05) is 0 Å². The molecule has 0 saturated heterocycles. The minimum atomic E-state index is -4.59. The summed E-state index contributed by atoms with van der Waals surface area (Å²) in [6.07, 6.45) is 2.31. The van der Waals surface area contributed by atoms with E-state index in [-0.39, 0.29) is 20.8 Å². The van der Waals surface area contributed by atoms with Crippen LogP contribution in [0.1, 0.15) is 6.92 Å². The van der Waals surface area contributed by atoms with Crippen molar-refractivity contribution in [3.05, 3.63) is 39.9 Å². The number of hydrogen-bond acceptors (Lipinski definition) is 6. The zero-order valence-corrected chi connectivity index (χ0v) is 16.8. The number of aromatic hydroxyl groups is 1. The Labute approximate surface area is 165 Å². The van der Waals surface area contributed by atoms with Crippen LogP contribution in [0.3, 0.4) is 0 Å². The molecule has 1 aromatic carbocycles. The predicted octanol–water partition coefficient (Wildman–Crippen LogP) is 3.83. The summed E-state index contributed by atoms with van der Waals surface area (Å²) in [6.45, 7) is 1.34. The van der Waals surface area contributed by atoms with E-state index in [9.17, 15) is 36.6 Å². The summed E-state index contributed by atoms with van der Waals surface area (Å²) in [6, 6.07) is 1.21. The van der Waals surface area contributed by atoms with E-state index < -0.39 is 49.8 Å². The van der Waals surface area contributed by atoms with Gasteiger partial charge in [0.2, 0.25) is 0 Å². The molecule has 0 radical (unpaired) electrons. The van der Waals surface area contributed by atoms with Gasteiger partial charge in [0.15, 0.2) is 15.9 Å². The molecule has 27 heavy (non-hydrogen) atoms. The van der Waals surface area contributed by atoms with E-state index in [2.05, 4.69) is 15.9 Å². The normalized spacial score (nSPS) is 18.1. The van der Waals surface area contributed by atoms with Gasteiger partial charge in [-0.25, -0.2) is 13.2 Å². The Bertz CT molecular complexity index is 928. The van der Waals surface area contributed by atoms with Crippen molar-refractivity contribution >= 4 is 49.2 Å². The fourth-order valence-corrected chi connectivity index (χ4v) is 4.77. The highest BCUT2D eigenvalue weighted by Gasteiger charge is 2.39. The maximum Gasteiger partial charge on any atom is 0.446 e. The molecule has 12 heteroatoms. The summed E-state index contributed by atoms with van der Waals surface area (Å²) < 4.78 is 62.7. The van der Waals surface area contributed by atoms with Crippen LogP contribution >= 0.6 is 27.7 Å². The summed E-state index contributed by atoms with van der Waals surface area (Å²) in [5.74, 6) is -2.41. The van der Waals surface area contributed by atoms with Crippen molar-refractivity contribution in [2.24, 2.45) is 0 Å². The molecule has 0 amide bonds. The molecule has 0 saturated carbocycles. The Morgan fingerprint density at radius 3 is 2.52 bits per heavy atom. The van der Waals surface area contributed by atoms with Crippen LogP contribution in [0, 0.1) is 0 Å². The Morgan fingerprint density at radius 2 is 2.00 bits per heavy atom. The number of hydrogen-bond donors (Lipinski definition) is 2. The number of nitrogens with zero attached hydrogens (tertiary/aromatic N) is 1. The standard InChI is InChI=1S/C15H13BrF3NO5S2/c1-2-27(24,25)12-5-8(16)7-20(13(12)14(22)23)10-6-9(3-4-11(10)21)26-15(17,18)19/h3-7,13,21H,2H2,1H3,(H,22,23). The van der Waals surface area contributed by atoms with Crippen LogP contribution in [0.4, 0.5) is 18.9 Å². The van der Waals surface area contributed by atoms with Gasteiger partial charge in [-0.15, -0.1) is 0 Å². The molecular formula is C15H13BrF3NO5S2. The van der Waals surface area contributed by atoms with Crippen LogP contribution < -0.4 is 4.90 Å². The van der Waals surface area contributed by atoms with Crippen LogP contribution in [0.2, 0.25) is 0 Å². The minimum absolute atomic E-state index is 0.181. The van der Waals surface area contributed by atoms with Crippen LogP contribution in [-0.2, 0) is 14.6 Å². The van der Waals surface area contributed by atoms with E-state index in [1.54, 1.807) is 0 Å². The van der Waals surface area contributed by atoms with Gasteiger partial charge >= 0.3 is 11.5 Å². The molecule has 1 aromatic rings. The third-order valence-electron chi connectivity index (χ3n) is 3.52. The minimum Gasteiger partial charge on any atom is -0.506 e. The number of rotatable bonds is 5. The lowest BCUT2D eigenvalue weighted by Gasteiger charge is -2.32. The molecule has 1 aliphatic rings. The average molecular weight is 488 g/mol. The van der Waals surface area contributed by atoms with Crippen LogP contribution in [-0.4, -0.2) is 41.9 Å². The molecule has 1 unspecified atom stereocenters. The SMILES string of the molecule is CCS(=O)(=O)C1=CC(Br)=CN(c2cc(SC(F)(F)F)ccc2O)C1C(=O)O. The monoisotopic (exact) mass is 487 g/mol. The largest absolute Gasteiger partial charge is 0.506 e. The number of carboxylic acid groups (broad SMARTS) is 1. The summed E-state index contributed by atoms with van der Waals surface area (Å²) in [4.78, 5) is 12.0. The average Bonchev–Trinajstić information content (AvgIpc) is 2.54. The van der Waals surface area contributed by atoms with E-state index in [0.717, 1.165) is 29.2 Å². The molecule has 2 rings (SSSR count). The quantitative estimate of drug-likeness (QED) is 0.609. The Kier molecular flexibility index (Phi) is 6.22. The Morgan fingerprint density at radius 1 is 1.37 bits per heavy atom. The van der Waals surface area contributed by atoms with E-state index in [4.69, 9.17) is 0 Å². The van der Waals surface area contributed by atoms with Gasteiger partial charge in [0.1, 0.15) is 5.75 Å². The third kappa shape index (κ3) is 4.99. The number of benzene rings is 1. The number of thioether (sulfide) groups is 1. The van der Waals surface area contributed by atoms with Crippen molar-refractivity contribution in [1.29, 1.82) is 0 Å². The molecule has 1 atom stereocenters. The van der Waals surface area contributed by atoms with Crippen molar-refractivity contribution in [2.75, 3.05) is 10.7 Å². The molecule has 1 aliphatic heterocycles. The summed E-state index contributed by atoms with van der Waals surface area (Å²) in [5, 5.41) is 19.7. The van der Waals surface area contributed by atoms with Gasteiger partial charge in [0, 0.05) is 15.6 Å². The maximum atomic E-state index is 12.6. The third-order valence-corrected chi connectivity index (χ3v) is 6.50. The van der Waals surface area contributed by atoms with Gasteiger partial charge in [-0.2, -0.15) is 13.2 Å². The fraction of sp³-hybridized carbons (Fsp3) is 0.267. The number of phenols is 1. The number of carbonyl (C=O) groups is 1. The van der Waals surface area contributed by atoms with Crippen molar-refractivity contribution in [2.45, 2.75) is 23.4 Å². The van der Waals surface area contributed by atoms with Gasteiger partial charge < -0.3 is 15.1 Å². The van der Waals surface area contributed by atoms with Gasteiger partial charge in [-0.1, -0.05) is 6.92 Å². The first-order valence-electron chi connectivity index (χ1n) is 7.27. The lowest BCUT2D eigenvalue weighted by atomic mass is 10.1. The van der Waals surface area contributed by atoms with Gasteiger partial charge in [-0.3, -0.25) is 0 Å². The summed E-state index contributed by atoms with van der Waals surface area (Å²) in [5.41, 5.74) is -4.86. The molecule has 0 spiro atoms. The van der Waals surface area contributed by atoms with Crippen LogP contribution in [0.15, 0.2) is 44.8 Å². The maximum absolute atomic E-state index is 12.6. The Hall–Kier alpha value is -1.66. The second-order valence-electron chi connectivity index (χ2n) is 5.31.